The Balaban J connectivity index is 2.36. The molecule has 0 atom stereocenters. The van der Waals surface area contributed by atoms with E-state index in [4.69, 9.17) is 0 Å². The normalized spacial score (nSPS) is 11.7. The van der Waals surface area contributed by atoms with Crippen LogP contribution in [0, 0.1) is 11.6 Å². The average molecular weight is 359 g/mol. The van der Waals surface area contributed by atoms with Gasteiger partial charge in [-0.05, 0) is 52.0 Å². The topological polar surface area (TPSA) is 46.1 Å². The van der Waals surface area contributed by atoms with Crippen molar-refractivity contribution in [2.75, 3.05) is 10.6 Å². The Morgan fingerprint density at radius 2 is 1.19 bits per heavy atom. The van der Waals surface area contributed by atoms with Gasteiger partial charge in [0.15, 0.2) is 5.43 Å². The van der Waals surface area contributed by atoms with Crippen LogP contribution in [-0.2, 0) is 7.05 Å². The third-order valence-electron chi connectivity index (χ3n) is 4.27. The Morgan fingerprint density at radius 1 is 0.808 bits per heavy atom. The van der Waals surface area contributed by atoms with Crippen molar-refractivity contribution in [1.29, 1.82) is 0 Å². The fourth-order valence-corrected chi connectivity index (χ4v) is 3.16. The zero-order valence-electron chi connectivity index (χ0n) is 15.6. The molecule has 0 fully saturated rings. The van der Waals surface area contributed by atoms with Crippen LogP contribution < -0.4 is 16.1 Å². The minimum atomic E-state index is -0.499. The molecule has 0 unspecified atom stereocenters. The van der Waals surface area contributed by atoms with E-state index in [0.29, 0.717) is 22.4 Å². The molecule has 0 bridgehead atoms. The highest BCUT2D eigenvalue weighted by Gasteiger charge is 2.16. The average Bonchev–Trinajstić information content (AvgIpc) is 2.54. The van der Waals surface area contributed by atoms with E-state index < -0.39 is 11.6 Å². The van der Waals surface area contributed by atoms with Crippen molar-refractivity contribution >= 4 is 33.2 Å². The molecule has 0 amide bonds. The van der Waals surface area contributed by atoms with Gasteiger partial charge in [-0.15, -0.1) is 0 Å². The van der Waals surface area contributed by atoms with Gasteiger partial charge in [-0.25, -0.2) is 8.78 Å². The third-order valence-corrected chi connectivity index (χ3v) is 4.27. The van der Waals surface area contributed by atoms with Crippen molar-refractivity contribution in [3.05, 3.63) is 46.1 Å². The summed E-state index contributed by atoms with van der Waals surface area (Å²) in [4.78, 5) is 12.8. The molecule has 0 aliphatic rings. The van der Waals surface area contributed by atoms with Crippen LogP contribution in [0.1, 0.15) is 27.7 Å². The van der Waals surface area contributed by atoms with Gasteiger partial charge in [0.05, 0.1) is 22.4 Å². The maximum absolute atomic E-state index is 14.4. The highest BCUT2D eigenvalue weighted by atomic mass is 19.1. The first-order valence-corrected chi connectivity index (χ1v) is 8.67. The smallest absolute Gasteiger partial charge is 0.197 e. The fraction of sp³-hybridized carbons (Fsp3) is 0.350. The summed E-state index contributed by atoms with van der Waals surface area (Å²) in [7, 11) is 1.79. The number of nitrogens with zero attached hydrogens (tertiary/aromatic N) is 1. The number of benzene rings is 2. The molecule has 0 aliphatic carbocycles. The highest BCUT2D eigenvalue weighted by molar-refractivity contribution is 5.96. The van der Waals surface area contributed by atoms with E-state index in [9.17, 15) is 13.6 Å². The van der Waals surface area contributed by atoms with E-state index >= 15 is 0 Å². The van der Waals surface area contributed by atoms with Gasteiger partial charge in [-0.3, -0.25) is 4.79 Å². The van der Waals surface area contributed by atoms with E-state index in [-0.39, 0.29) is 28.3 Å². The quantitative estimate of drug-likeness (QED) is 0.669. The van der Waals surface area contributed by atoms with Gasteiger partial charge in [-0.1, -0.05) is 0 Å². The largest absolute Gasteiger partial charge is 0.380 e. The number of anilines is 2. The Hall–Kier alpha value is -2.63. The van der Waals surface area contributed by atoms with Crippen molar-refractivity contribution in [1.82, 2.24) is 4.57 Å². The Labute approximate surface area is 150 Å². The molecule has 0 saturated carbocycles. The van der Waals surface area contributed by atoms with Gasteiger partial charge >= 0.3 is 0 Å². The number of aryl methyl sites for hydroxylation is 1. The van der Waals surface area contributed by atoms with Crippen LogP contribution >= 0.6 is 0 Å². The fourth-order valence-electron chi connectivity index (χ4n) is 3.16. The maximum Gasteiger partial charge on any atom is 0.197 e. The summed E-state index contributed by atoms with van der Waals surface area (Å²) in [6.45, 7) is 7.65. The second-order valence-electron chi connectivity index (χ2n) is 7.18. The third kappa shape index (κ3) is 3.11. The SMILES string of the molecule is CC(C)Nc1cc2c(cc1F)c(=O)c1cc(F)c(NC(C)C)cc1n2C. The first kappa shape index (κ1) is 18.2. The number of rotatable bonds is 4. The molecule has 2 N–H and O–H groups in total. The lowest BCUT2D eigenvalue weighted by Crippen LogP contribution is -2.15. The van der Waals surface area contributed by atoms with Crippen molar-refractivity contribution in [2.24, 2.45) is 7.05 Å². The van der Waals surface area contributed by atoms with Crippen LogP contribution in [0.5, 0.6) is 0 Å². The van der Waals surface area contributed by atoms with Crippen LogP contribution in [0.25, 0.3) is 21.8 Å². The molecule has 138 valence electrons. The summed E-state index contributed by atoms with van der Waals surface area (Å²) < 4.78 is 30.6. The second-order valence-corrected chi connectivity index (χ2v) is 7.18. The summed E-state index contributed by atoms with van der Waals surface area (Å²) >= 11 is 0. The summed E-state index contributed by atoms with van der Waals surface area (Å²) in [6, 6.07) is 5.81. The molecule has 0 saturated heterocycles. The van der Waals surface area contributed by atoms with E-state index in [1.807, 2.05) is 27.7 Å². The van der Waals surface area contributed by atoms with E-state index in [1.54, 1.807) is 23.7 Å². The van der Waals surface area contributed by atoms with Gasteiger partial charge in [0.2, 0.25) is 0 Å². The second kappa shape index (κ2) is 6.59. The van der Waals surface area contributed by atoms with E-state index in [2.05, 4.69) is 10.6 Å². The summed E-state index contributed by atoms with van der Waals surface area (Å²) in [5, 5.41) is 6.55. The molecular formula is C20H23F2N3O. The van der Waals surface area contributed by atoms with Crippen LogP contribution in [-0.4, -0.2) is 16.7 Å². The minimum absolute atomic E-state index is 0.0513. The monoisotopic (exact) mass is 359 g/mol. The van der Waals surface area contributed by atoms with E-state index in [1.165, 1.54) is 12.1 Å². The van der Waals surface area contributed by atoms with Gasteiger partial charge in [-0.2, -0.15) is 0 Å². The van der Waals surface area contributed by atoms with Gasteiger partial charge in [0.25, 0.3) is 0 Å². The summed E-state index contributed by atoms with van der Waals surface area (Å²) in [5.41, 5.74) is 1.48. The standard InChI is InChI=1S/C20H23F2N3O/c1-10(2)23-16-8-18-12(6-14(16)21)20(26)13-7-15(22)17(24-11(3)4)9-19(13)25(18)5/h6-11,23-24H,1-5H3. The summed E-state index contributed by atoms with van der Waals surface area (Å²) in [5.74, 6) is -0.998. The highest BCUT2D eigenvalue weighted by Crippen LogP contribution is 2.27. The lowest BCUT2D eigenvalue weighted by Gasteiger charge is -2.17. The molecule has 26 heavy (non-hydrogen) atoms. The first-order chi connectivity index (χ1) is 12.2. The lowest BCUT2D eigenvalue weighted by atomic mass is 10.1. The Kier molecular flexibility index (Phi) is 4.61. The van der Waals surface area contributed by atoms with Crippen LogP contribution in [0.2, 0.25) is 0 Å². The van der Waals surface area contributed by atoms with Gasteiger partial charge in [0.1, 0.15) is 11.6 Å². The molecule has 1 aromatic heterocycles. The zero-order chi connectivity index (χ0) is 19.2. The van der Waals surface area contributed by atoms with Crippen molar-refractivity contribution in [3.8, 4) is 0 Å². The molecule has 6 heteroatoms. The maximum atomic E-state index is 14.4. The molecular weight excluding hydrogens is 336 g/mol. The molecule has 4 nitrogen and oxygen atoms in total. The number of halogens is 2. The van der Waals surface area contributed by atoms with Crippen LogP contribution in [0.15, 0.2) is 29.1 Å². The predicted molar refractivity (Wildman–Crippen MR) is 104 cm³/mol. The minimum Gasteiger partial charge on any atom is -0.380 e. The van der Waals surface area contributed by atoms with Crippen molar-refractivity contribution in [2.45, 2.75) is 39.8 Å². The number of hydrogen-bond acceptors (Lipinski definition) is 3. The molecule has 3 rings (SSSR count). The number of aromatic nitrogens is 1. The molecule has 0 aliphatic heterocycles. The molecule has 3 aromatic rings. The van der Waals surface area contributed by atoms with Crippen LogP contribution in [0.3, 0.4) is 0 Å². The van der Waals surface area contributed by atoms with E-state index in [0.717, 1.165) is 0 Å². The first-order valence-electron chi connectivity index (χ1n) is 8.67. The zero-order valence-corrected chi connectivity index (χ0v) is 15.6. The Bertz CT molecular complexity index is 975. The van der Waals surface area contributed by atoms with Crippen LogP contribution in [0.4, 0.5) is 20.2 Å². The predicted octanol–water partition coefficient (Wildman–Crippen LogP) is 4.61. The van der Waals surface area contributed by atoms with Crippen molar-refractivity contribution in [3.63, 3.8) is 0 Å². The summed E-state index contributed by atoms with van der Waals surface area (Å²) in [6.07, 6.45) is 0. The molecule has 0 spiro atoms. The number of hydrogen-bond donors (Lipinski definition) is 2. The van der Waals surface area contributed by atoms with Gasteiger partial charge < -0.3 is 15.2 Å². The number of nitrogens with one attached hydrogen (secondary N) is 2. The van der Waals surface area contributed by atoms with Gasteiger partial charge in [0, 0.05) is 29.9 Å². The number of pyridine rings is 1. The molecule has 1 heterocycles. The lowest BCUT2D eigenvalue weighted by molar-refractivity contribution is 0.629. The molecule has 2 aromatic carbocycles. The number of fused-ring (bicyclic) bond motifs is 2. The Morgan fingerprint density at radius 3 is 1.54 bits per heavy atom. The molecule has 0 radical (unpaired) electrons. The van der Waals surface area contributed by atoms with Crippen molar-refractivity contribution < 1.29 is 8.78 Å².